The summed E-state index contributed by atoms with van der Waals surface area (Å²) in [6.07, 6.45) is 1.78. The Hall–Kier alpha value is -0.893. The van der Waals surface area contributed by atoms with Gasteiger partial charge in [-0.15, -0.1) is 0 Å². The Morgan fingerprint density at radius 2 is 2.33 bits per heavy atom. The molecule has 44 valence electrons. The first kappa shape index (κ1) is 6.23. The second-order valence-corrected chi connectivity index (χ2v) is 2.93. The molecular weight excluding hydrogens is 128 g/mol. The summed E-state index contributed by atoms with van der Waals surface area (Å²) in [5.41, 5.74) is 0.530. The fourth-order valence-electron chi connectivity index (χ4n) is 0.644. The minimum Gasteiger partial charge on any atom is -0.285 e. The molecule has 2 radical (unpaired) electrons. The van der Waals surface area contributed by atoms with Crippen molar-refractivity contribution in [3.05, 3.63) is 29.8 Å². The Morgan fingerprint density at radius 1 is 1.56 bits per heavy atom. The molecule has 0 N–H and O–H groups in total. The quantitative estimate of drug-likeness (QED) is 0.447. The summed E-state index contributed by atoms with van der Waals surface area (Å²) in [5.74, 6) is 0. The summed E-state index contributed by atoms with van der Waals surface area (Å²) in [6.45, 7) is 0. The van der Waals surface area contributed by atoms with Crippen molar-refractivity contribution < 1.29 is 4.79 Å². The van der Waals surface area contributed by atoms with Crippen LogP contribution in [0.15, 0.2) is 18.2 Å². The largest absolute Gasteiger partial charge is 0.285 e. The van der Waals surface area contributed by atoms with Crippen LogP contribution in [0, 0.1) is 6.07 Å². The van der Waals surface area contributed by atoms with Gasteiger partial charge in [0.05, 0.1) is 0 Å². The molecule has 1 rings (SSSR count). The normalized spacial score (nSPS) is 9.33. The first-order chi connectivity index (χ1) is 4.33. The van der Waals surface area contributed by atoms with Crippen LogP contribution in [0.3, 0.4) is 0 Å². The predicted molar refractivity (Wildman–Crippen MR) is 39.6 cm³/mol. The molecule has 0 aliphatic carbocycles. The third kappa shape index (κ3) is 1.50. The molecule has 0 aliphatic rings. The molecule has 0 saturated carbocycles. The number of carbonyl (C=O) groups excluding carboxylic acids is 1. The van der Waals surface area contributed by atoms with E-state index in [1.54, 1.807) is 12.4 Å². The van der Waals surface area contributed by atoms with E-state index >= 15 is 0 Å². The van der Waals surface area contributed by atoms with Crippen LogP contribution in [0.1, 0.15) is 5.56 Å². The van der Waals surface area contributed by atoms with Gasteiger partial charge in [0.25, 0.3) is 0 Å². The molecule has 1 aromatic rings. The van der Waals surface area contributed by atoms with Crippen LogP contribution in [0.25, 0.3) is 0 Å². The van der Waals surface area contributed by atoms with Crippen LogP contribution in [0.2, 0.25) is 0 Å². The van der Waals surface area contributed by atoms with Crippen molar-refractivity contribution in [3.8, 4) is 0 Å². The summed E-state index contributed by atoms with van der Waals surface area (Å²) in [7, 11) is 0.942. The fourth-order valence-corrected chi connectivity index (χ4v) is 1.11. The first-order valence-corrected chi connectivity index (χ1v) is 3.70. The molecule has 1 nitrogen and oxygen atoms in total. The van der Waals surface area contributed by atoms with E-state index in [0.29, 0.717) is 5.56 Å². The van der Waals surface area contributed by atoms with E-state index in [9.17, 15) is 4.79 Å². The molecule has 0 saturated heterocycles. The highest BCUT2D eigenvalue weighted by Crippen LogP contribution is 1.87. The Kier molecular flexibility index (Phi) is 1.80. The van der Waals surface area contributed by atoms with E-state index in [4.69, 9.17) is 0 Å². The van der Waals surface area contributed by atoms with Crippen LogP contribution in [0.5, 0.6) is 0 Å². The highest BCUT2D eigenvalue weighted by Gasteiger charge is 1.88. The number of rotatable bonds is 1. The van der Waals surface area contributed by atoms with Gasteiger partial charge < -0.3 is 0 Å². The predicted octanol–water partition coefficient (Wildman–Crippen LogP) is -1.06. The summed E-state index contributed by atoms with van der Waals surface area (Å²) in [6, 6.07) is 8.40. The average molecular weight is 134 g/mol. The Balaban J connectivity index is 3.07. The van der Waals surface area contributed by atoms with Gasteiger partial charge in [0, 0.05) is 15.8 Å². The van der Waals surface area contributed by atoms with Gasteiger partial charge in [-0.2, -0.15) is 0 Å². The maximum Gasteiger partial charge on any atom is 0.234 e. The molecule has 0 unspecified atom stereocenters. The van der Waals surface area contributed by atoms with Crippen LogP contribution in [-0.4, -0.2) is 16.5 Å². The van der Waals surface area contributed by atoms with Gasteiger partial charge in [0.2, 0.25) is 6.29 Å². The highest BCUT2D eigenvalue weighted by molar-refractivity contribution is 6.32. The van der Waals surface area contributed by atoms with E-state index in [-0.39, 0.29) is 0 Å². The number of benzene rings is 1. The molecule has 0 fully saturated rings. The maximum atomic E-state index is 10.0. The van der Waals surface area contributed by atoms with Crippen molar-refractivity contribution in [3.63, 3.8) is 0 Å². The van der Waals surface area contributed by atoms with Gasteiger partial charge in [-0.1, -0.05) is 23.4 Å². The number of hydrogen-bond donors (Lipinski definition) is 0. The SMILES string of the molecule is O=[C]c1[c]c([SiH3])ccc1. The van der Waals surface area contributed by atoms with Crippen LogP contribution in [-0.2, 0) is 4.79 Å². The molecule has 0 atom stereocenters. The standard InChI is InChI=1S/C7H6OSi/c8-5-6-2-1-3-7(9)4-6/h1-3H,9H3. The second-order valence-electron chi connectivity index (χ2n) is 1.85. The Bertz CT molecular complexity index is 220. The van der Waals surface area contributed by atoms with Gasteiger partial charge in [-0.05, 0) is 6.07 Å². The average Bonchev–Trinajstić information content (AvgIpc) is 1.88. The first-order valence-electron chi connectivity index (χ1n) is 2.70. The van der Waals surface area contributed by atoms with Crippen molar-refractivity contribution in [2.45, 2.75) is 0 Å². The fraction of sp³-hybridized carbons (Fsp3) is 0. The van der Waals surface area contributed by atoms with Crippen molar-refractivity contribution in [1.82, 2.24) is 0 Å². The highest BCUT2D eigenvalue weighted by atomic mass is 28.1. The molecule has 0 spiro atoms. The lowest BCUT2D eigenvalue weighted by molar-refractivity contribution is 0.562. The molecule has 0 aliphatic heterocycles. The molecule has 0 amide bonds. The van der Waals surface area contributed by atoms with Crippen molar-refractivity contribution >= 4 is 21.7 Å². The van der Waals surface area contributed by atoms with Gasteiger partial charge >= 0.3 is 0 Å². The smallest absolute Gasteiger partial charge is 0.234 e. The van der Waals surface area contributed by atoms with E-state index in [1.165, 1.54) is 0 Å². The lowest BCUT2D eigenvalue weighted by atomic mass is 10.2. The van der Waals surface area contributed by atoms with Crippen molar-refractivity contribution in [1.29, 1.82) is 0 Å². The minimum atomic E-state index is 0.530. The lowest BCUT2D eigenvalue weighted by Crippen LogP contribution is -2.02. The topological polar surface area (TPSA) is 17.1 Å². The molecular formula is C7H6OSi. The van der Waals surface area contributed by atoms with E-state index in [0.717, 1.165) is 15.4 Å². The molecule has 9 heavy (non-hydrogen) atoms. The third-order valence-electron chi connectivity index (χ3n) is 1.05. The summed E-state index contributed by atoms with van der Waals surface area (Å²) < 4.78 is 0. The summed E-state index contributed by atoms with van der Waals surface area (Å²) in [5, 5.41) is 1.11. The zero-order chi connectivity index (χ0) is 6.69. The van der Waals surface area contributed by atoms with E-state index in [1.807, 2.05) is 12.1 Å². The van der Waals surface area contributed by atoms with Gasteiger partial charge in [0.15, 0.2) is 0 Å². The Morgan fingerprint density at radius 3 is 2.78 bits per heavy atom. The number of hydrogen-bond acceptors (Lipinski definition) is 1. The molecule has 0 heterocycles. The maximum absolute atomic E-state index is 10.0. The van der Waals surface area contributed by atoms with Crippen molar-refractivity contribution in [2.24, 2.45) is 0 Å². The van der Waals surface area contributed by atoms with Gasteiger partial charge in [0.1, 0.15) is 0 Å². The van der Waals surface area contributed by atoms with Crippen LogP contribution < -0.4 is 5.19 Å². The third-order valence-corrected chi connectivity index (χ3v) is 1.63. The summed E-state index contributed by atoms with van der Waals surface area (Å²) >= 11 is 0. The molecule has 0 bridgehead atoms. The molecule has 1 aromatic carbocycles. The summed E-state index contributed by atoms with van der Waals surface area (Å²) in [4.78, 5) is 10.0. The second kappa shape index (κ2) is 2.59. The van der Waals surface area contributed by atoms with Gasteiger partial charge in [-0.25, -0.2) is 0 Å². The molecule has 0 aromatic heterocycles. The van der Waals surface area contributed by atoms with Crippen molar-refractivity contribution in [2.75, 3.05) is 0 Å². The van der Waals surface area contributed by atoms with Crippen LogP contribution in [0.4, 0.5) is 0 Å². The van der Waals surface area contributed by atoms with E-state index in [2.05, 4.69) is 6.07 Å². The Labute approximate surface area is 57.1 Å². The zero-order valence-corrected chi connectivity index (χ0v) is 7.14. The lowest BCUT2D eigenvalue weighted by Gasteiger charge is -1.88. The minimum absolute atomic E-state index is 0.530. The van der Waals surface area contributed by atoms with E-state index < -0.39 is 0 Å². The molecule has 2 heteroatoms. The monoisotopic (exact) mass is 134 g/mol. The zero-order valence-electron chi connectivity index (χ0n) is 5.14. The van der Waals surface area contributed by atoms with Gasteiger partial charge in [-0.3, -0.25) is 4.79 Å². The van der Waals surface area contributed by atoms with Crippen LogP contribution >= 0.6 is 0 Å².